The standard InChI is InChI=1S/C14H22ClNO3/c1-9-6-5-7-10(2)13(9)16(12(17)8-15)11(3)14(18)19-4/h9,11H,5-8H2,1-4H3. The van der Waals surface area contributed by atoms with Crippen LogP contribution in [-0.2, 0) is 14.3 Å². The van der Waals surface area contributed by atoms with Crippen LogP contribution in [0.3, 0.4) is 0 Å². The molecule has 0 spiro atoms. The normalized spacial score (nSPS) is 21.0. The number of nitrogens with zero attached hydrogens (tertiary/aromatic N) is 1. The van der Waals surface area contributed by atoms with Crippen molar-refractivity contribution < 1.29 is 14.3 Å². The van der Waals surface area contributed by atoms with Gasteiger partial charge in [0, 0.05) is 5.70 Å². The summed E-state index contributed by atoms with van der Waals surface area (Å²) >= 11 is 5.69. The number of rotatable bonds is 4. The second-order valence-electron chi connectivity index (χ2n) is 5.06. The van der Waals surface area contributed by atoms with Gasteiger partial charge in [-0.25, -0.2) is 4.79 Å². The summed E-state index contributed by atoms with van der Waals surface area (Å²) in [6.07, 6.45) is 3.10. The van der Waals surface area contributed by atoms with Gasteiger partial charge in [0.2, 0.25) is 5.91 Å². The Morgan fingerprint density at radius 2 is 2.16 bits per heavy atom. The zero-order valence-corrected chi connectivity index (χ0v) is 12.8. The smallest absolute Gasteiger partial charge is 0.328 e. The molecule has 0 aliphatic heterocycles. The summed E-state index contributed by atoms with van der Waals surface area (Å²) in [6.45, 7) is 5.78. The summed E-state index contributed by atoms with van der Waals surface area (Å²) < 4.78 is 4.75. The molecule has 1 aliphatic rings. The minimum absolute atomic E-state index is 0.134. The number of ether oxygens (including phenoxy) is 1. The van der Waals surface area contributed by atoms with Crippen molar-refractivity contribution in [3.63, 3.8) is 0 Å². The lowest BCUT2D eigenvalue weighted by Crippen LogP contribution is -2.46. The molecular formula is C14H22ClNO3. The van der Waals surface area contributed by atoms with Crippen molar-refractivity contribution in [1.29, 1.82) is 0 Å². The minimum Gasteiger partial charge on any atom is -0.467 e. The molecule has 0 saturated heterocycles. The highest BCUT2D eigenvalue weighted by Gasteiger charge is 2.33. The summed E-state index contributed by atoms with van der Waals surface area (Å²) in [5.41, 5.74) is 2.10. The van der Waals surface area contributed by atoms with E-state index < -0.39 is 12.0 Å². The molecule has 0 aromatic rings. The second kappa shape index (κ2) is 6.94. The highest BCUT2D eigenvalue weighted by atomic mass is 35.5. The van der Waals surface area contributed by atoms with Gasteiger partial charge in [0.05, 0.1) is 7.11 Å². The van der Waals surface area contributed by atoms with Gasteiger partial charge in [0.1, 0.15) is 11.9 Å². The first-order chi connectivity index (χ1) is 8.93. The number of methoxy groups -OCH3 is 1. The number of halogens is 1. The van der Waals surface area contributed by atoms with E-state index in [1.807, 2.05) is 6.92 Å². The Morgan fingerprint density at radius 1 is 1.53 bits per heavy atom. The molecule has 0 aromatic heterocycles. The summed E-state index contributed by atoms with van der Waals surface area (Å²) in [4.78, 5) is 25.4. The van der Waals surface area contributed by atoms with Gasteiger partial charge in [-0.05, 0) is 39.0 Å². The maximum absolute atomic E-state index is 12.1. The highest BCUT2D eigenvalue weighted by Crippen LogP contribution is 2.33. The Kier molecular flexibility index (Phi) is 5.85. The number of alkyl halides is 1. The first-order valence-electron chi connectivity index (χ1n) is 6.59. The van der Waals surface area contributed by atoms with Crippen LogP contribution in [-0.4, -0.2) is 35.8 Å². The predicted molar refractivity (Wildman–Crippen MR) is 74.8 cm³/mol. The number of allylic oxidation sites excluding steroid dienone is 2. The number of hydrogen-bond acceptors (Lipinski definition) is 3. The molecule has 0 aromatic carbocycles. The van der Waals surface area contributed by atoms with Crippen LogP contribution in [0.1, 0.15) is 40.0 Å². The predicted octanol–water partition coefficient (Wildman–Crippen LogP) is 2.71. The molecule has 0 saturated carbocycles. The van der Waals surface area contributed by atoms with Crippen LogP contribution in [0.25, 0.3) is 0 Å². The van der Waals surface area contributed by atoms with E-state index in [-0.39, 0.29) is 17.7 Å². The lowest BCUT2D eigenvalue weighted by Gasteiger charge is -2.36. The fourth-order valence-electron chi connectivity index (χ4n) is 2.70. The Labute approximate surface area is 119 Å². The van der Waals surface area contributed by atoms with Crippen molar-refractivity contribution in [2.75, 3.05) is 13.0 Å². The quantitative estimate of drug-likeness (QED) is 0.590. The molecule has 1 aliphatic carbocycles. The third-order valence-electron chi connectivity index (χ3n) is 3.67. The van der Waals surface area contributed by atoms with E-state index in [1.165, 1.54) is 12.0 Å². The molecule has 0 heterocycles. The van der Waals surface area contributed by atoms with Crippen molar-refractivity contribution in [1.82, 2.24) is 4.90 Å². The van der Waals surface area contributed by atoms with Crippen LogP contribution in [0.4, 0.5) is 0 Å². The SMILES string of the molecule is COC(=O)C(C)N(C(=O)CCl)C1=C(C)CCCC1C. The molecule has 0 fully saturated rings. The van der Waals surface area contributed by atoms with Gasteiger partial charge in [-0.2, -0.15) is 0 Å². The van der Waals surface area contributed by atoms with Crippen molar-refractivity contribution in [2.45, 2.75) is 46.1 Å². The van der Waals surface area contributed by atoms with E-state index >= 15 is 0 Å². The average molecular weight is 288 g/mol. The Balaban J connectivity index is 3.16. The highest BCUT2D eigenvalue weighted by molar-refractivity contribution is 6.27. The van der Waals surface area contributed by atoms with Crippen LogP contribution < -0.4 is 0 Å². The lowest BCUT2D eigenvalue weighted by molar-refractivity contribution is -0.150. The molecule has 5 heteroatoms. The van der Waals surface area contributed by atoms with E-state index in [9.17, 15) is 9.59 Å². The average Bonchev–Trinajstić information content (AvgIpc) is 2.40. The van der Waals surface area contributed by atoms with E-state index in [1.54, 1.807) is 6.92 Å². The van der Waals surface area contributed by atoms with Gasteiger partial charge in [-0.1, -0.05) is 12.5 Å². The van der Waals surface area contributed by atoms with Crippen LogP contribution >= 0.6 is 11.6 Å². The maximum atomic E-state index is 12.1. The van der Waals surface area contributed by atoms with Gasteiger partial charge in [-0.3, -0.25) is 4.79 Å². The van der Waals surface area contributed by atoms with Crippen LogP contribution in [0.5, 0.6) is 0 Å². The molecule has 108 valence electrons. The third-order valence-corrected chi connectivity index (χ3v) is 3.89. The third kappa shape index (κ3) is 3.50. The van der Waals surface area contributed by atoms with E-state index in [2.05, 4.69) is 6.92 Å². The molecule has 1 rings (SSSR count). The summed E-state index contributed by atoms with van der Waals surface area (Å²) in [6, 6.07) is -0.637. The molecule has 0 N–H and O–H groups in total. The Hall–Kier alpha value is -1.03. The molecule has 0 bridgehead atoms. The Morgan fingerprint density at radius 3 is 2.63 bits per heavy atom. The fourth-order valence-corrected chi connectivity index (χ4v) is 2.83. The zero-order chi connectivity index (χ0) is 14.6. The summed E-state index contributed by atoms with van der Waals surface area (Å²) in [5, 5.41) is 0. The number of hydrogen-bond donors (Lipinski definition) is 0. The van der Waals surface area contributed by atoms with Gasteiger partial charge in [0.15, 0.2) is 0 Å². The fraction of sp³-hybridized carbons (Fsp3) is 0.714. The van der Waals surface area contributed by atoms with Crippen molar-refractivity contribution in [2.24, 2.45) is 5.92 Å². The second-order valence-corrected chi connectivity index (χ2v) is 5.32. The molecule has 0 radical (unpaired) electrons. The lowest BCUT2D eigenvalue weighted by atomic mass is 9.87. The van der Waals surface area contributed by atoms with Crippen molar-refractivity contribution in [3.05, 3.63) is 11.3 Å². The number of carbonyl (C=O) groups is 2. The molecule has 19 heavy (non-hydrogen) atoms. The van der Waals surface area contributed by atoms with Crippen molar-refractivity contribution >= 4 is 23.5 Å². The summed E-state index contributed by atoms with van der Waals surface area (Å²) in [7, 11) is 1.33. The van der Waals surface area contributed by atoms with Crippen molar-refractivity contribution in [3.8, 4) is 0 Å². The number of esters is 1. The molecule has 2 unspecified atom stereocenters. The van der Waals surface area contributed by atoms with E-state index in [0.717, 1.165) is 30.5 Å². The largest absolute Gasteiger partial charge is 0.467 e. The first kappa shape index (κ1) is 16.0. The van der Waals surface area contributed by atoms with Gasteiger partial charge >= 0.3 is 5.97 Å². The zero-order valence-electron chi connectivity index (χ0n) is 12.0. The minimum atomic E-state index is -0.637. The van der Waals surface area contributed by atoms with Gasteiger partial charge < -0.3 is 9.64 Å². The van der Waals surface area contributed by atoms with E-state index in [4.69, 9.17) is 16.3 Å². The van der Waals surface area contributed by atoms with Gasteiger partial charge in [0.25, 0.3) is 0 Å². The van der Waals surface area contributed by atoms with Crippen LogP contribution in [0.2, 0.25) is 0 Å². The summed E-state index contributed by atoms with van der Waals surface area (Å²) in [5.74, 6) is -0.544. The Bertz CT molecular complexity index is 392. The molecule has 2 atom stereocenters. The molecule has 1 amide bonds. The topological polar surface area (TPSA) is 46.6 Å². The maximum Gasteiger partial charge on any atom is 0.328 e. The van der Waals surface area contributed by atoms with Crippen LogP contribution in [0.15, 0.2) is 11.3 Å². The number of amides is 1. The van der Waals surface area contributed by atoms with E-state index in [0.29, 0.717) is 0 Å². The first-order valence-corrected chi connectivity index (χ1v) is 7.13. The van der Waals surface area contributed by atoms with Gasteiger partial charge in [-0.15, -0.1) is 11.6 Å². The number of carbonyl (C=O) groups excluding carboxylic acids is 2. The van der Waals surface area contributed by atoms with Crippen LogP contribution in [0, 0.1) is 5.92 Å². The monoisotopic (exact) mass is 287 g/mol. The molecular weight excluding hydrogens is 266 g/mol. The molecule has 4 nitrogen and oxygen atoms in total.